The number of amides is 1. The molecular formula is C19H34N6O4. The Hall–Kier alpha value is -2.07. The van der Waals surface area contributed by atoms with Gasteiger partial charge in [-0.1, -0.05) is 0 Å². The molecule has 3 aliphatic heterocycles. The third-order valence-electron chi connectivity index (χ3n) is 6.57. The molecule has 0 spiro atoms. The van der Waals surface area contributed by atoms with Crippen LogP contribution in [0.25, 0.3) is 0 Å². The summed E-state index contributed by atoms with van der Waals surface area (Å²) in [6.45, 7) is 5.37. The number of carboxylic acid groups (broad SMARTS) is 1. The van der Waals surface area contributed by atoms with Gasteiger partial charge in [0.15, 0.2) is 12.2 Å². The third-order valence-corrected chi connectivity index (χ3v) is 6.57. The minimum Gasteiger partial charge on any atom is -0.481 e. The van der Waals surface area contributed by atoms with E-state index in [9.17, 15) is 9.59 Å². The predicted octanol–water partition coefficient (Wildman–Crippen LogP) is 0.241. The molecule has 0 aromatic rings. The van der Waals surface area contributed by atoms with E-state index < -0.39 is 5.97 Å². The number of piperidine rings is 1. The number of hydrogen-bond acceptors (Lipinski definition) is 6. The summed E-state index contributed by atoms with van der Waals surface area (Å²) < 4.78 is 5.69. The molecule has 0 bridgehead atoms. The molecule has 0 aromatic heterocycles. The van der Waals surface area contributed by atoms with Gasteiger partial charge in [0.25, 0.3) is 0 Å². The highest BCUT2D eigenvalue weighted by molar-refractivity contribution is 5.74. The van der Waals surface area contributed by atoms with Crippen molar-refractivity contribution in [2.24, 2.45) is 11.7 Å². The first-order valence-electron chi connectivity index (χ1n) is 10.6. The number of nitrogens with two attached hydrogens (primary N) is 1. The first-order chi connectivity index (χ1) is 13.8. The molecule has 10 heteroatoms. The van der Waals surface area contributed by atoms with E-state index in [1.165, 1.54) is 0 Å². The first kappa shape index (κ1) is 21.6. The molecule has 3 heterocycles. The Morgan fingerprint density at radius 1 is 1.17 bits per heavy atom. The second-order valence-electron chi connectivity index (χ2n) is 8.37. The average Bonchev–Trinajstić information content (AvgIpc) is 2.99. The van der Waals surface area contributed by atoms with Crippen molar-refractivity contribution in [1.82, 2.24) is 19.6 Å². The number of aliphatic carboxylic acids is 1. The third kappa shape index (κ3) is 5.51. The highest BCUT2D eigenvalue weighted by Crippen LogP contribution is 2.29. The van der Waals surface area contributed by atoms with Crippen molar-refractivity contribution in [1.29, 1.82) is 5.41 Å². The summed E-state index contributed by atoms with van der Waals surface area (Å²) in [6.07, 6.45) is 3.65. The summed E-state index contributed by atoms with van der Waals surface area (Å²) in [5, 5.41) is 16.4. The Morgan fingerprint density at radius 3 is 2.41 bits per heavy atom. The Morgan fingerprint density at radius 2 is 1.83 bits per heavy atom. The lowest BCUT2D eigenvalue weighted by Gasteiger charge is -2.39. The number of carboxylic acids is 1. The Labute approximate surface area is 172 Å². The molecule has 2 unspecified atom stereocenters. The second-order valence-corrected chi connectivity index (χ2v) is 8.37. The molecular weight excluding hydrogens is 376 g/mol. The van der Waals surface area contributed by atoms with E-state index in [2.05, 4.69) is 9.80 Å². The number of guanidine groups is 1. The summed E-state index contributed by atoms with van der Waals surface area (Å²) >= 11 is 0. The van der Waals surface area contributed by atoms with Crippen molar-refractivity contribution in [2.45, 2.75) is 44.4 Å². The maximum atomic E-state index is 12.2. The van der Waals surface area contributed by atoms with E-state index in [-0.39, 0.29) is 30.7 Å². The van der Waals surface area contributed by atoms with Crippen LogP contribution in [0.1, 0.15) is 32.1 Å². The quantitative estimate of drug-likeness (QED) is 0.402. The van der Waals surface area contributed by atoms with Crippen molar-refractivity contribution in [3.63, 3.8) is 0 Å². The molecule has 29 heavy (non-hydrogen) atoms. The van der Waals surface area contributed by atoms with E-state index in [1.54, 1.807) is 4.90 Å². The molecule has 4 N–H and O–H groups in total. The van der Waals surface area contributed by atoms with Gasteiger partial charge in [0.05, 0.1) is 12.5 Å². The van der Waals surface area contributed by atoms with Gasteiger partial charge in [-0.05, 0) is 31.6 Å². The van der Waals surface area contributed by atoms with Gasteiger partial charge >= 0.3 is 12.1 Å². The van der Waals surface area contributed by atoms with Crippen LogP contribution in [0.4, 0.5) is 4.79 Å². The molecule has 10 nitrogen and oxygen atoms in total. The van der Waals surface area contributed by atoms with E-state index >= 15 is 0 Å². The van der Waals surface area contributed by atoms with Crippen molar-refractivity contribution in [3.8, 4) is 0 Å². The van der Waals surface area contributed by atoms with Gasteiger partial charge in [-0.25, -0.2) is 4.79 Å². The number of likely N-dealkylation sites (tertiary alicyclic amines) is 1. The van der Waals surface area contributed by atoms with Gasteiger partial charge in [-0.2, -0.15) is 0 Å². The Kier molecular flexibility index (Phi) is 7.18. The van der Waals surface area contributed by atoms with Gasteiger partial charge in [0.1, 0.15) is 0 Å². The zero-order chi connectivity index (χ0) is 21.0. The monoisotopic (exact) mass is 410 g/mol. The smallest absolute Gasteiger partial charge is 0.411 e. The van der Waals surface area contributed by atoms with Crippen LogP contribution in [-0.2, 0) is 9.53 Å². The number of hydrogen-bond donors (Lipinski definition) is 3. The summed E-state index contributed by atoms with van der Waals surface area (Å²) in [7, 11) is 1.81. The number of ether oxygens (including phenoxy) is 1. The number of cyclic esters (lactones) is 1. The summed E-state index contributed by atoms with van der Waals surface area (Å²) in [5.41, 5.74) is 5.57. The van der Waals surface area contributed by atoms with Crippen LogP contribution in [0.3, 0.4) is 0 Å². The highest BCUT2D eigenvalue weighted by atomic mass is 16.6. The molecule has 0 radical (unpaired) electrons. The van der Waals surface area contributed by atoms with Crippen LogP contribution in [-0.4, -0.2) is 108 Å². The molecule has 0 aromatic carbocycles. The minimum atomic E-state index is -0.770. The van der Waals surface area contributed by atoms with Crippen LogP contribution in [0.2, 0.25) is 0 Å². The van der Waals surface area contributed by atoms with Gasteiger partial charge in [0, 0.05) is 52.9 Å². The van der Waals surface area contributed by atoms with Gasteiger partial charge < -0.3 is 30.3 Å². The fourth-order valence-electron chi connectivity index (χ4n) is 4.61. The number of piperazine rings is 1. The molecule has 3 saturated heterocycles. The number of nitrogens with one attached hydrogen (secondary N) is 1. The molecule has 3 fully saturated rings. The lowest BCUT2D eigenvalue weighted by Crippen LogP contribution is -2.54. The molecule has 2 atom stereocenters. The average molecular weight is 411 g/mol. The van der Waals surface area contributed by atoms with Crippen LogP contribution in [0, 0.1) is 11.3 Å². The topological polar surface area (TPSA) is 126 Å². The zero-order valence-corrected chi connectivity index (χ0v) is 17.3. The Bertz CT molecular complexity index is 602. The van der Waals surface area contributed by atoms with Gasteiger partial charge in [0.2, 0.25) is 0 Å². The van der Waals surface area contributed by atoms with Crippen molar-refractivity contribution in [2.75, 3.05) is 52.9 Å². The molecule has 164 valence electrons. The van der Waals surface area contributed by atoms with E-state index in [1.807, 2.05) is 11.9 Å². The normalized spacial score (nSPS) is 27.3. The van der Waals surface area contributed by atoms with Gasteiger partial charge in [-0.3, -0.25) is 15.1 Å². The Balaban J connectivity index is 1.48. The summed E-state index contributed by atoms with van der Waals surface area (Å²) in [4.78, 5) is 31.0. The fraction of sp³-hybridized carbons (Fsp3) is 0.842. The second kappa shape index (κ2) is 9.62. The number of carbonyl (C=O) groups is 2. The lowest BCUT2D eigenvalue weighted by molar-refractivity contribution is -0.137. The number of carbonyl (C=O) groups excluding carboxylic acids is 1. The van der Waals surface area contributed by atoms with E-state index in [0.717, 1.165) is 65.0 Å². The molecule has 3 rings (SSSR count). The molecule has 0 aliphatic carbocycles. The number of nitrogens with zero attached hydrogens (tertiary/aromatic N) is 4. The maximum Gasteiger partial charge on any atom is 0.411 e. The summed E-state index contributed by atoms with van der Waals surface area (Å²) in [5.74, 6) is -0.0308. The largest absolute Gasteiger partial charge is 0.481 e. The molecule has 1 amide bonds. The fourth-order valence-corrected chi connectivity index (χ4v) is 4.61. The van der Waals surface area contributed by atoms with Crippen LogP contribution in [0.15, 0.2) is 0 Å². The van der Waals surface area contributed by atoms with Crippen molar-refractivity contribution in [3.05, 3.63) is 0 Å². The first-order valence-corrected chi connectivity index (χ1v) is 10.6. The number of likely N-dealkylation sites (N-methyl/N-ethyl adjacent to an activating group) is 1. The maximum absolute atomic E-state index is 12.2. The minimum absolute atomic E-state index is 0.0407. The van der Waals surface area contributed by atoms with Crippen LogP contribution in [0.5, 0.6) is 0 Å². The predicted molar refractivity (Wildman–Crippen MR) is 108 cm³/mol. The van der Waals surface area contributed by atoms with Crippen molar-refractivity contribution >= 4 is 18.0 Å². The standard InChI is InChI=1S/C19H34N6O4/c1-22-15(3-2-14-4-8-25(9-5-14)18(20)21)17(29-19(22)28)24-12-10-23(11-13-24)7-6-16(26)27/h14-15,17H,2-13H2,1H3,(H3,20,21)(H,26,27). The lowest BCUT2D eigenvalue weighted by atomic mass is 9.90. The molecule has 3 aliphatic rings. The van der Waals surface area contributed by atoms with Gasteiger partial charge in [-0.15, -0.1) is 0 Å². The van der Waals surface area contributed by atoms with E-state index in [0.29, 0.717) is 12.5 Å². The zero-order valence-electron chi connectivity index (χ0n) is 17.3. The van der Waals surface area contributed by atoms with Crippen molar-refractivity contribution < 1.29 is 19.4 Å². The highest BCUT2D eigenvalue weighted by Gasteiger charge is 2.43. The van der Waals surface area contributed by atoms with Crippen LogP contribution < -0.4 is 5.73 Å². The molecule has 0 saturated carbocycles. The summed E-state index contributed by atoms with van der Waals surface area (Å²) in [6, 6.07) is 0.0407. The van der Waals surface area contributed by atoms with E-state index in [4.69, 9.17) is 21.0 Å². The SMILES string of the molecule is CN1C(=O)OC(N2CCN(CCC(=O)O)CC2)C1CCC1CCN(C(=N)N)CC1. The van der Waals surface area contributed by atoms with Crippen LogP contribution >= 0.6 is 0 Å². The number of rotatable bonds is 7.